The minimum absolute atomic E-state index is 0.121. The van der Waals surface area contributed by atoms with E-state index in [1.165, 1.54) is 186 Å². The third-order valence-electron chi connectivity index (χ3n) is 8.50. The number of unbranched alkanes of at least 4 members (excludes halogenated alkanes) is 26. The standard InChI is InChI=1S/C36H77NO2Si/c1-3-5-7-9-11-13-15-17-19-21-23-25-27-29-33-38-36(40-35-31-32-37)39-34-30-28-26-24-22-20-18-16-14-12-10-8-6-4-2/h36H,3-35,37,40H2,1-2H3. The van der Waals surface area contributed by atoms with Crippen LogP contribution in [0, 0.1) is 0 Å². The summed E-state index contributed by atoms with van der Waals surface area (Å²) in [5.74, 6) is 0.121. The molecule has 0 amide bonds. The molecule has 2 N–H and O–H groups in total. The molecule has 0 radical (unpaired) electrons. The minimum atomic E-state index is -0.339. The lowest BCUT2D eigenvalue weighted by molar-refractivity contribution is -0.0925. The molecule has 242 valence electrons. The van der Waals surface area contributed by atoms with E-state index in [4.69, 9.17) is 15.2 Å². The highest BCUT2D eigenvalue weighted by molar-refractivity contribution is 6.36. The van der Waals surface area contributed by atoms with Gasteiger partial charge in [-0.1, -0.05) is 187 Å². The highest BCUT2D eigenvalue weighted by Gasteiger charge is 2.09. The zero-order valence-electron chi connectivity index (χ0n) is 28.0. The first-order chi connectivity index (χ1) is 19.8. The molecule has 0 bridgehead atoms. The second kappa shape index (κ2) is 37.1. The molecule has 0 rings (SSSR count). The van der Waals surface area contributed by atoms with Crippen molar-refractivity contribution in [2.75, 3.05) is 19.8 Å². The molecule has 0 saturated heterocycles. The van der Waals surface area contributed by atoms with Crippen molar-refractivity contribution >= 4 is 9.52 Å². The summed E-state index contributed by atoms with van der Waals surface area (Å²) in [6.07, 6.45) is 40.4. The molecule has 40 heavy (non-hydrogen) atoms. The number of rotatable bonds is 36. The Morgan fingerprint density at radius 1 is 0.400 bits per heavy atom. The molecule has 0 spiro atoms. The van der Waals surface area contributed by atoms with E-state index in [0.717, 1.165) is 26.2 Å². The second-order valence-electron chi connectivity index (χ2n) is 12.6. The molecular weight excluding hydrogens is 506 g/mol. The SMILES string of the molecule is CCCCCCCCCCCCCCCCOC(OCCCCCCCCCCCCCCCC)[SiH2]CCCN. The second-order valence-corrected chi connectivity index (χ2v) is 14.6. The summed E-state index contributed by atoms with van der Waals surface area (Å²) in [7, 11) is -0.339. The van der Waals surface area contributed by atoms with Gasteiger partial charge in [0.25, 0.3) is 0 Å². The molecule has 0 aliphatic heterocycles. The van der Waals surface area contributed by atoms with Crippen LogP contribution in [0.3, 0.4) is 0 Å². The smallest absolute Gasteiger partial charge is 0.134 e. The van der Waals surface area contributed by atoms with Crippen LogP contribution in [0.5, 0.6) is 0 Å². The normalized spacial score (nSPS) is 12.0. The average molecular weight is 584 g/mol. The summed E-state index contributed by atoms with van der Waals surface area (Å²) in [6, 6.07) is 1.25. The van der Waals surface area contributed by atoms with E-state index < -0.39 is 0 Å². The maximum Gasteiger partial charge on any atom is 0.134 e. The predicted molar refractivity (Wildman–Crippen MR) is 183 cm³/mol. The molecule has 0 saturated carbocycles. The number of ether oxygens (including phenoxy) is 2. The quantitative estimate of drug-likeness (QED) is 0.0453. The van der Waals surface area contributed by atoms with Crippen LogP contribution in [-0.4, -0.2) is 35.2 Å². The maximum atomic E-state index is 6.21. The first-order valence-corrected chi connectivity index (χ1v) is 20.6. The van der Waals surface area contributed by atoms with Gasteiger partial charge in [0.1, 0.15) is 5.91 Å². The molecule has 0 unspecified atom stereocenters. The van der Waals surface area contributed by atoms with Gasteiger partial charge in [0.15, 0.2) is 0 Å². The van der Waals surface area contributed by atoms with Crippen LogP contribution in [0.4, 0.5) is 0 Å². The Morgan fingerprint density at radius 2 is 0.675 bits per heavy atom. The van der Waals surface area contributed by atoms with Gasteiger partial charge in [0.2, 0.25) is 0 Å². The highest BCUT2D eigenvalue weighted by Crippen LogP contribution is 2.15. The summed E-state index contributed by atoms with van der Waals surface area (Å²) < 4.78 is 12.4. The Morgan fingerprint density at radius 3 is 0.950 bits per heavy atom. The predicted octanol–water partition coefficient (Wildman–Crippen LogP) is 11.2. The zero-order chi connectivity index (χ0) is 29.0. The molecule has 4 heteroatoms. The summed E-state index contributed by atoms with van der Waals surface area (Å²) in [6.45, 7) is 7.17. The van der Waals surface area contributed by atoms with Gasteiger partial charge >= 0.3 is 0 Å². The molecule has 0 aromatic rings. The van der Waals surface area contributed by atoms with Crippen molar-refractivity contribution in [2.45, 2.75) is 212 Å². The van der Waals surface area contributed by atoms with E-state index in [9.17, 15) is 0 Å². The van der Waals surface area contributed by atoms with Crippen LogP contribution in [0.2, 0.25) is 6.04 Å². The lowest BCUT2D eigenvalue weighted by Crippen LogP contribution is -2.26. The van der Waals surface area contributed by atoms with Crippen molar-refractivity contribution in [1.29, 1.82) is 0 Å². The van der Waals surface area contributed by atoms with Crippen molar-refractivity contribution < 1.29 is 9.47 Å². The lowest BCUT2D eigenvalue weighted by Gasteiger charge is -2.18. The van der Waals surface area contributed by atoms with Crippen LogP contribution in [0.15, 0.2) is 0 Å². The minimum Gasteiger partial charge on any atom is -0.357 e. The molecule has 0 atom stereocenters. The summed E-state index contributed by atoms with van der Waals surface area (Å²) in [5.41, 5.74) is 5.73. The molecule has 0 aliphatic rings. The Balaban J connectivity index is 3.54. The Hall–Kier alpha value is 0.0969. The van der Waals surface area contributed by atoms with E-state index in [-0.39, 0.29) is 15.4 Å². The van der Waals surface area contributed by atoms with Crippen molar-refractivity contribution in [3.05, 3.63) is 0 Å². The number of hydrogen-bond acceptors (Lipinski definition) is 3. The highest BCUT2D eigenvalue weighted by atomic mass is 28.2. The van der Waals surface area contributed by atoms with Crippen molar-refractivity contribution in [3.63, 3.8) is 0 Å². The van der Waals surface area contributed by atoms with Crippen LogP contribution < -0.4 is 5.73 Å². The topological polar surface area (TPSA) is 44.5 Å². The lowest BCUT2D eigenvalue weighted by atomic mass is 10.0. The van der Waals surface area contributed by atoms with Gasteiger partial charge in [-0.3, -0.25) is 0 Å². The van der Waals surface area contributed by atoms with E-state index in [1.54, 1.807) is 0 Å². The molecule has 0 fully saturated rings. The first-order valence-electron chi connectivity index (χ1n) is 18.8. The van der Waals surface area contributed by atoms with Gasteiger partial charge in [-0.25, -0.2) is 0 Å². The van der Waals surface area contributed by atoms with Crippen LogP contribution in [-0.2, 0) is 9.47 Å². The average Bonchev–Trinajstić information content (AvgIpc) is 2.96. The third kappa shape index (κ3) is 34.3. The monoisotopic (exact) mass is 584 g/mol. The number of hydrogen-bond donors (Lipinski definition) is 1. The van der Waals surface area contributed by atoms with Gasteiger partial charge in [0, 0.05) is 13.2 Å². The van der Waals surface area contributed by atoms with E-state index in [2.05, 4.69) is 13.8 Å². The Kier molecular flexibility index (Phi) is 37.2. The molecular formula is C36H77NO2Si. The summed E-state index contributed by atoms with van der Waals surface area (Å²) >= 11 is 0. The third-order valence-corrected chi connectivity index (χ3v) is 10.3. The van der Waals surface area contributed by atoms with Gasteiger partial charge in [-0.15, -0.1) is 0 Å². The van der Waals surface area contributed by atoms with E-state index in [1.807, 2.05) is 0 Å². The van der Waals surface area contributed by atoms with E-state index >= 15 is 0 Å². The van der Waals surface area contributed by atoms with E-state index in [0.29, 0.717) is 0 Å². The maximum absolute atomic E-state index is 6.21. The molecule has 0 aliphatic carbocycles. The van der Waals surface area contributed by atoms with Crippen LogP contribution in [0.25, 0.3) is 0 Å². The van der Waals surface area contributed by atoms with Gasteiger partial charge in [0.05, 0.1) is 9.52 Å². The van der Waals surface area contributed by atoms with Crippen LogP contribution >= 0.6 is 0 Å². The molecule has 3 nitrogen and oxygen atoms in total. The Bertz CT molecular complexity index is 403. The number of nitrogens with two attached hydrogens (primary N) is 1. The van der Waals surface area contributed by atoms with Gasteiger partial charge in [-0.2, -0.15) is 0 Å². The van der Waals surface area contributed by atoms with Crippen molar-refractivity contribution in [1.82, 2.24) is 0 Å². The summed E-state index contributed by atoms with van der Waals surface area (Å²) in [5, 5.41) is 0. The molecule has 0 aromatic heterocycles. The van der Waals surface area contributed by atoms with Crippen LogP contribution in [0.1, 0.15) is 200 Å². The van der Waals surface area contributed by atoms with Gasteiger partial charge < -0.3 is 15.2 Å². The van der Waals surface area contributed by atoms with Gasteiger partial charge in [-0.05, 0) is 25.8 Å². The fourth-order valence-electron chi connectivity index (χ4n) is 5.69. The fourth-order valence-corrected chi connectivity index (χ4v) is 7.27. The molecule has 0 aromatic carbocycles. The zero-order valence-corrected chi connectivity index (χ0v) is 29.4. The van der Waals surface area contributed by atoms with Crippen molar-refractivity contribution in [2.24, 2.45) is 5.73 Å². The largest absolute Gasteiger partial charge is 0.357 e. The Labute approximate surface area is 256 Å². The van der Waals surface area contributed by atoms with Crippen molar-refractivity contribution in [3.8, 4) is 0 Å². The summed E-state index contributed by atoms with van der Waals surface area (Å²) in [4.78, 5) is 0. The fraction of sp³-hybridized carbons (Fsp3) is 1.00. The molecule has 0 heterocycles. The first kappa shape index (κ1) is 40.1.